The summed E-state index contributed by atoms with van der Waals surface area (Å²) in [6.45, 7) is 2.29. The SMILES string of the molecule is O=C(NC1CCN(c2ccc(C(F)(F)F)cc2)C1)N1CCc2ccc(O)cc2C1. The maximum Gasteiger partial charge on any atom is 0.416 e. The molecule has 2 aromatic carbocycles. The van der Waals surface area contributed by atoms with Crippen molar-refractivity contribution in [3.63, 3.8) is 0 Å². The van der Waals surface area contributed by atoms with Crippen LogP contribution in [0.1, 0.15) is 23.1 Å². The van der Waals surface area contributed by atoms with Crippen molar-refractivity contribution in [3.05, 3.63) is 59.2 Å². The van der Waals surface area contributed by atoms with E-state index in [2.05, 4.69) is 5.32 Å². The van der Waals surface area contributed by atoms with Crippen molar-refractivity contribution in [1.29, 1.82) is 0 Å². The predicted molar refractivity (Wildman–Crippen MR) is 103 cm³/mol. The average molecular weight is 405 g/mol. The molecule has 2 N–H and O–H groups in total. The largest absolute Gasteiger partial charge is 0.508 e. The van der Waals surface area contributed by atoms with Crippen LogP contribution in [0.2, 0.25) is 0 Å². The van der Waals surface area contributed by atoms with Gasteiger partial charge in [-0.2, -0.15) is 13.2 Å². The Kier molecular flexibility index (Phi) is 5.02. The van der Waals surface area contributed by atoms with Gasteiger partial charge in [0, 0.05) is 37.9 Å². The fraction of sp³-hybridized carbons (Fsp3) is 0.381. The first-order valence-electron chi connectivity index (χ1n) is 9.58. The van der Waals surface area contributed by atoms with Gasteiger partial charge in [0.05, 0.1) is 5.56 Å². The molecular formula is C21H22F3N3O2. The number of fused-ring (bicyclic) bond motifs is 1. The number of hydrogen-bond donors (Lipinski definition) is 2. The van der Waals surface area contributed by atoms with Crippen molar-refractivity contribution < 1.29 is 23.1 Å². The van der Waals surface area contributed by atoms with E-state index in [0.717, 1.165) is 41.8 Å². The molecule has 2 heterocycles. The number of anilines is 1. The highest BCUT2D eigenvalue weighted by Gasteiger charge is 2.31. The fourth-order valence-corrected chi connectivity index (χ4v) is 3.96. The number of alkyl halides is 3. The Balaban J connectivity index is 1.34. The second kappa shape index (κ2) is 7.50. The minimum Gasteiger partial charge on any atom is -0.508 e. The van der Waals surface area contributed by atoms with Gasteiger partial charge >= 0.3 is 12.2 Å². The van der Waals surface area contributed by atoms with Gasteiger partial charge in [-0.1, -0.05) is 6.07 Å². The van der Waals surface area contributed by atoms with E-state index in [1.807, 2.05) is 11.0 Å². The summed E-state index contributed by atoms with van der Waals surface area (Å²) in [5.74, 6) is 0.189. The number of benzene rings is 2. The topological polar surface area (TPSA) is 55.8 Å². The van der Waals surface area contributed by atoms with Crippen molar-refractivity contribution in [3.8, 4) is 5.75 Å². The number of urea groups is 1. The second-order valence-corrected chi connectivity index (χ2v) is 7.55. The Morgan fingerprint density at radius 3 is 2.55 bits per heavy atom. The van der Waals surface area contributed by atoms with Crippen LogP contribution in [0.5, 0.6) is 5.75 Å². The monoisotopic (exact) mass is 405 g/mol. The zero-order chi connectivity index (χ0) is 20.6. The third-order valence-electron chi connectivity index (χ3n) is 5.56. The Labute approximate surface area is 166 Å². The first-order valence-corrected chi connectivity index (χ1v) is 9.58. The Bertz CT molecular complexity index is 899. The fourth-order valence-electron chi connectivity index (χ4n) is 3.96. The molecule has 0 saturated carbocycles. The Morgan fingerprint density at radius 2 is 1.83 bits per heavy atom. The maximum absolute atomic E-state index is 12.7. The molecule has 2 aromatic rings. The van der Waals surface area contributed by atoms with E-state index < -0.39 is 11.7 Å². The smallest absolute Gasteiger partial charge is 0.416 e. The number of nitrogens with zero attached hydrogens (tertiary/aromatic N) is 2. The van der Waals surface area contributed by atoms with E-state index in [-0.39, 0.29) is 17.8 Å². The van der Waals surface area contributed by atoms with Gasteiger partial charge in [0.25, 0.3) is 0 Å². The molecule has 0 aliphatic carbocycles. The lowest BCUT2D eigenvalue weighted by molar-refractivity contribution is -0.137. The summed E-state index contributed by atoms with van der Waals surface area (Å²) in [5, 5.41) is 12.7. The lowest BCUT2D eigenvalue weighted by atomic mass is 10.00. The number of carbonyl (C=O) groups excluding carboxylic acids is 1. The normalized spacial score (nSPS) is 19.2. The minimum absolute atomic E-state index is 0.0598. The van der Waals surface area contributed by atoms with Gasteiger partial charge in [-0.05, 0) is 60.4 Å². The summed E-state index contributed by atoms with van der Waals surface area (Å²) < 4.78 is 38.1. The zero-order valence-corrected chi connectivity index (χ0v) is 15.7. The molecule has 2 aliphatic rings. The van der Waals surface area contributed by atoms with Crippen LogP contribution >= 0.6 is 0 Å². The van der Waals surface area contributed by atoms with E-state index in [1.54, 1.807) is 17.0 Å². The number of carbonyl (C=O) groups is 1. The molecule has 2 amide bonds. The quantitative estimate of drug-likeness (QED) is 0.800. The van der Waals surface area contributed by atoms with Crippen LogP contribution in [-0.2, 0) is 19.1 Å². The van der Waals surface area contributed by atoms with Gasteiger partial charge in [0.15, 0.2) is 0 Å². The summed E-state index contributed by atoms with van der Waals surface area (Å²) >= 11 is 0. The molecule has 4 rings (SSSR count). The van der Waals surface area contributed by atoms with Crippen LogP contribution in [0.3, 0.4) is 0 Å². The summed E-state index contributed by atoms with van der Waals surface area (Å²) in [7, 11) is 0. The highest BCUT2D eigenvalue weighted by atomic mass is 19.4. The molecule has 1 fully saturated rings. The zero-order valence-electron chi connectivity index (χ0n) is 15.7. The van der Waals surface area contributed by atoms with Gasteiger partial charge < -0.3 is 20.2 Å². The van der Waals surface area contributed by atoms with E-state index >= 15 is 0 Å². The number of hydrogen-bond acceptors (Lipinski definition) is 3. The van der Waals surface area contributed by atoms with Crippen LogP contribution in [0.4, 0.5) is 23.7 Å². The number of rotatable bonds is 2. The van der Waals surface area contributed by atoms with Crippen molar-refractivity contribution in [2.24, 2.45) is 0 Å². The van der Waals surface area contributed by atoms with Crippen LogP contribution in [0.25, 0.3) is 0 Å². The van der Waals surface area contributed by atoms with Crippen molar-refractivity contribution in [2.75, 3.05) is 24.5 Å². The molecule has 8 heteroatoms. The van der Waals surface area contributed by atoms with Crippen molar-refractivity contribution in [2.45, 2.75) is 31.6 Å². The summed E-state index contributed by atoms with van der Waals surface area (Å²) in [5.41, 5.74) is 2.14. The molecule has 0 aromatic heterocycles. The van der Waals surface area contributed by atoms with Crippen LogP contribution in [-0.4, -0.2) is 41.7 Å². The van der Waals surface area contributed by atoms with Crippen molar-refractivity contribution >= 4 is 11.7 Å². The van der Waals surface area contributed by atoms with Crippen molar-refractivity contribution in [1.82, 2.24) is 10.2 Å². The Hall–Kier alpha value is -2.90. The first-order chi connectivity index (χ1) is 13.8. The van der Waals surface area contributed by atoms with Crippen LogP contribution in [0.15, 0.2) is 42.5 Å². The van der Waals surface area contributed by atoms with E-state index in [4.69, 9.17) is 0 Å². The number of phenolic OH excluding ortho intramolecular Hbond substituents is 1. The minimum atomic E-state index is -4.34. The molecular weight excluding hydrogens is 383 g/mol. The van der Waals surface area contributed by atoms with Gasteiger partial charge in [0.2, 0.25) is 0 Å². The van der Waals surface area contributed by atoms with Gasteiger partial charge in [0.1, 0.15) is 5.75 Å². The number of nitrogens with one attached hydrogen (secondary N) is 1. The van der Waals surface area contributed by atoms with E-state index in [9.17, 15) is 23.1 Å². The molecule has 1 unspecified atom stereocenters. The molecule has 29 heavy (non-hydrogen) atoms. The van der Waals surface area contributed by atoms with E-state index in [1.165, 1.54) is 12.1 Å². The first kappa shape index (κ1) is 19.4. The van der Waals surface area contributed by atoms with Crippen LogP contribution < -0.4 is 10.2 Å². The molecule has 154 valence electrons. The molecule has 0 spiro atoms. The number of phenols is 1. The molecule has 2 aliphatic heterocycles. The second-order valence-electron chi connectivity index (χ2n) is 7.55. The number of amides is 2. The average Bonchev–Trinajstić information content (AvgIpc) is 3.15. The number of aromatic hydroxyl groups is 1. The highest BCUT2D eigenvalue weighted by molar-refractivity contribution is 5.75. The molecule has 1 saturated heterocycles. The standard InChI is InChI=1S/C21H22F3N3O2/c22-21(23,24)16-2-4-18(5-3-16)26-10-8-17(13-26)25-20(29)27-9-7-14-1-6-19(28)11-15(14)12-27/h1-6,11,17,28H,7-10,12-13H2,(H,25,29). The summed E-state index contributed by atoms with van der Waals surface area (Å²) in [6.07, 6.45) is -2.87. The lowest BCUT2D eigenvalue weighted by Crippen LogP contribution is -2.47. The van der Waals surface area contributed by atoms with Crippen LogP contribution in [0, 0.1) is 0 Å². The lowest BCUT2D eigenvalue weighted by Gasteiger charge is -2.30. The molecule has 1 atom stereocenters. The number of halogens is 3. The molecule has 0 bridgehead atoms. The predicted octanol–water partition coefficient (Wildman–Crippen LogP) is 3.76. The summed E-state index contributed by atoms with van der Waals surface area (Å²) in [6, 6.07) is 10.1. The molecule has 0 radical (unpaired) electrons. The van der Waals surface area contributed by atoms with E-state index in [0.29, 0.717) is 26.2 Å². The summed E-state index contributed by atoms with van der Waals surface area (Å²) in [4.78, 5) is 16.4. The Morgan fingerprint density at radius 1 is 1.07 bits per heavy atom. The van der Waals surface area contributed by atoms with Gasteiger partial charge in [-0.25, -0.2) is 4.79 Å². The highest BCUT2D eigenvalue weighted by Crippen LogP contribution is 2.31. The third kappa shape index (κ3) is 4.26. The van der Waals surface area contributed by atoms with Gasteiger partial charge in [-0.3, -0.25) is 0 Å². The van der Waals surface area contributed by atoms with Gasteiger partial charge in [-0.15, -0.1) is 0 Å². The third-order valence-corrected chi connectivity index (χ3v) is 5.56. The molecule has 5 nitrogen and oxygen atoms in total. The maximum atomic E-state index is 12.7.